The van der Waals surface area contributed by atoms with Crippen LogP contribution in [0.15, 0.2) is 36.7 Å². The number of nitrogens with zero attached hydrogens (tertiary/aromatic N) is 1. The number of carboxylic acids is 1. The number of halogens is 2. The maximum absolute atomic E-state index is 13.7. The topological polar surface area (TPSA) is 50.2 Å². The zero-order valence-corrected chi connectivity index (χ0v) is 9.23. The van der Waals surface area contributed by atoms with E-state index in [4.69, 9.17) is 5.11 Å². The minimum Gasteiger partial charge on any atom is -0.478 e. The molecule has 0 fully saturated rings. The Morgan fingerprint density at radius 3 is 2.44 bits per heavy atom. The Morgan fingerprint density at radius 1 is 1.17 bits per heavy atom. The van der Waals surface area contributed by atoms with Crippen molar-refractivity contribution in [3.8, 4) is 0 Å². The van der Waals surface area contributed by atoms with E-state index in [1.807, 2.05) is 0 Å². The summed E-state index contributed by atoms with van der Waals surface area (Å²) in [6.45, 7) is 0. The van der Waals surface area contributed by atoms with Crippen molar-refractivity contribution in [1.29, 1.82) is 0 Å². The Bertz CT molecular complexity index is 585. The Balaban J connectivity index is 2.48. The minimum absolute atomic E-state index is 0.00769. The van der Waals surface area contributed by atoms with Gasteiger partial charge in [0.1, 0.15) is 0 Å². The Kier molecular flexibility index (Phi) is 3.32. The summed E-state index contributed by atoms with van der Waals surface area (Å²) in [5, 5.41) is 8.96. The fraction of sp³-hybridized carbons (Fsp3) is 0.0769. The third-order valence-electron chi connectivity index (χ3n) is 2.56. The van der Waals surface area contributed by atoms with E-state index in [1.165, 1.54) is 12.4 Å². The first-order valence-electron chi connectivity index (χ1n) is 5.18. The van der Waals surface area contributed by atoms with Crippen LogP contribution in [0.25, 0.3) is 0 Å². The molecule has 1 N–H and O–H groups in total. The molecule has 0 spiro atoms. The second-order valence-electron chi connectivity index (χ2n) is 3.72. The number of carboxylic acid groups (broad SMARTS) is 1. The van der Waals surface area contributed by atoms with Crippen molar-refractivity contribution in [2.45, 2.75) is 6.42 Å². The summed E-state index contributed by atoms with van der Waals surface area (Å²) in [7, 11) is 0. The summed E-state index contributed by atoms with van der Waals surface area (Å²) in [6, 6.07) is 5.12. The van der Waals surface area contributed by atoms with Crippen LogP contribution in [0.3, 0.4) is 0 Å². The quantitative estimate of drug-likeness (QED) is 0.909. The Morgan fingerprint density at radius 2 is 1.83 bits per heavy atom. The molecule has 5 heteroatoms. The summed E-state index contributed by atoms with van der Waals surface area (Å²) in [5.41, 5.74) is 0.274. The molecule has 3 nitrogen and oxygen atoms in total. The molecule has 0 aliphatic rings. The molecule has 92 valence electrons. The SMILES string of the molecule is O=C(O)c1ccc(F)c(F)c1Cc1ccncc1. The first kappa shape index (κ1) is 12.2. The monoisotopic (exact) mass is 249 g/mol. The van der Waals surface area contributed by atoms with Gasteiger partial charge in [-0.15, -0.1) is 0 Å². The highest BCUT2D eigenvalue weighted by Gasteiger charge is 2.18. The van der Waals surface area contributed by atoms with Gasteiger partial charge in [-0.2, -0.15) is 0 Å². The van der Waals surface area contributed by atoms with Crippen molar-refractivity contribution in [1.82, 2.24) is 4.98 Å². The van der Waals surface area contributed by atoms with Crippen LogP contribution in [0, 0.1) is 11.6 Å². The standard InChI is InChI=1S/C13H9F2NO2/c14-11-2-1-9(13(17)18)10(12(11)15)7-8-3-5-16-6-4-8/h1-6H,7H2,(H,17,18). The molecule has 1 aromatic heterocycles. The second-order valence-corrected chi connectivity index (χ2v) is 3.72. The Hall–Kier alpha value is -2.30. The zero-order chi connectivity index (χ0) is 13.1. The highest BCUT2D eigenvalue weighted by molar-refractivity contribution is 5.89. The number of pyridine rings is 1. The van der Waals surface area contributed by atoms with E-state index < -0.39 is 17.6 Å². The summed E-state index contributed by atoms with van der Waals surface area (Å²) >= 11 is 0. The molecule has 2 rings (SSSR count). The molecule has 0 aliphatic heterocycles. The van der Waals surface area contributed by atoms with E-state index >= 15 is 0 Å². The molecule has 0 bridgehead atoms. The fourth-order valence-electron chi connectivity index (χ4n) is 1.67. The van der Waals surface area contributed by atoms with Crippen molar-refractivity contribution in [2.24, 2.45) is 0 Å². The number of benzene rings is 1. The van der Waals surface area contributed by atoms with Gasteiger partial charge in [-0.05, 0) is 29.8 Å². The first-order chi connectivity index (χ1) is 8.59. The van der Waals surface area contributed by atoms with Crippen LogP contribution in [0.4, 0.5) is 8.78 Å². The molecule has 0 atom stereocenters. The normalized spacial score (nSPS) is 10.3. The van der Waals surface area contributed by atoms with Gasteiger partial charge in [0, 0.05) is 24.4 Å². The van der Waals surface area contributed by atoms with Gasteiger partial charge in [0.2, 0.25) is 0 Å². The van der Waals surface area contributed by atoms with Gasteiger partial charge in [-0.3, -0.25) is 4.98 Å². The first-order valence-corrected chi connectivity index (χ1v) is 5.18. The van der Waals surface area contributed by atoms with Gasteiger partial charge in [-0.1, -0.05) is 0 Å². The highest BCUT2D eigenvalue weighted by atomic mass is 19.2. The van der Waals surface area contributed by atoms with Crippen LogP contribution in [-0.2, 0) is 6.42 Å². The lowest BCUT2D eigenvalue weighted by Crippen LogP contribution is -2.07. The number of aromatic carboxylic acids is 1. The predicted molar refractivity (Wildman–Crippen MR) is 60.4 cm³/mol. The zero-order valence-electron chi connectivity index (χ0n) is 9.23. The third-order valence-corrected chi connectivity index (χ3v) is 2.56. The maximum Gasteiger partial charge on any atom is 0.336 e. The molecular formula is C13H9F2NO2. The molecule has 1 aromatic carbocycles. The van der Waals surface area contributed by atoms with Crippen molar-refractivity contribution >= 4 is 5.97 Å². The van der Waals surface area contributed by atoms with Gasteiger partial charge >= 0.3 is 5.97 Å². The van der Waals surface area contributed by atoms with Gasteiger partial charge in [0.05, 0.1) is 5.56 Å². The number of carbonyl (C=O) groups is 1. The largest absolute Gasteiger partial charge is 0.478 e. The van der Waals surface area contributed by atoms with E-state index in [2.05, 4.69) is 4.98 Å². The van der Waals surface area contributed by atoms with Crippen molar-refractivity contribution in [3.63, 3.8) is 0 Å². The maximum atomic E-state index is 13.7. The van der Waals surface area contributed by atoms with Crippen LogP contribution in [0.2, 0.25) is 0 Å². The second kappa shape index (κ2) is 4.91. The van der Waals surface area contributed by atoms with Gasteiger partial charge in [0.25, 0.3) is 0 Å². The molecule has 0 saturated carbocycles. The number of aromatic nitrogens is 1. The number of hydrogen-bond donors (Lipinski definition) is 1. The molecule has 18 heavy (non-hydrogen) atoms. The molecule has 0 amide bonds. The summed E-state index contributed by atoms with van der Waals surface area (Å²) in [5.74, 6) is -3.45. The molecule has 1 heterocycles. The average Bonchev–Trinajstić information content (AvgIpc) is 2.36. The molecule has 0 radical (unpaired) electrons. The Labute approximate surface area is 102 Å². The predicted octanol–water partition coefficient (Wildman–Crippen LogP) is 2.65. The third kappa shape index (κ3) is 2.34. The van der Waals surface area contributed by atoms with Gasteiger partial charge in [-0.25, -0.2) is 13.6 Å². The van der Waals surface area contributed by atoms with Crippen molar-refractivity contribution in [2.75, 3.05) is 0 Å². The van der Waals surface area contributed by atoms with E-state index in [9.17, 15) is 13.6 Å². The summed E-state index contributed by atoms with van der Waals surface area (Å²) in [4.78, 5) is 14.8. The van der Waals surface area contributed by atoms with Crippen LogP contribution < -0.4 is 0 Å². The molecule has 0 saturated heterocycles. The lowest BCUT2D eigenvalue weighted by molar-refractivity contribution is 0.0695. The van der Waals surface area contributed by atoms with Crippen LogP contribution in [-0.4, -0.2) is 16.1 Å². The van der Waals surface area contributed by atoms with Crippen molar-refractivity contribution in [3.05, 3.63) is 65.0 Å². The van der Waals surface area contributed by atoms with Crippen LogP contribution in [0.1, 0.15) is 21.5 Å². The van der Waals surface area contributed by atoms with Crippen LogP contribution in [0.5, 0.6) is 0 Å². The van der Waals surface area contributed by atoms with E-state index in [0.717, 1.165) is 12.1 Å². The number of hydrogen-bond acceptors (Lipinski definition) is 2. The lowest BCUT2D eigenvalue weighted by atomic mass is 9.99. The van der Waals surface area contributed by atoms with E-state index in [1.54, 1.807) is 12.1 Å². The number of rotatable bonds is 3. The highest BCUT2D eigenvalue weighted by Crippen LogP contribution is 2.20. The van der Waals surface area contributed by atoms with Crippen molar-refractivity contribution < 1.29 is 18.7 Å². The fourth-order valence-corrected chi connectivity index (χ4v) is 1.67. The minimum atomic E-state index is -1.28. The lowest BCUT2D eigenvalue weighted by Gasteiger charge is -2.08. The van der Waals surface area contributed by atoms with Gasteiger partial charge < -0.3 is 5.11 Å². The summed E-state index contributed by atoms with van der Waals surface area (Å²) < 4.78 is 26.8. The molecular weight excluding hydrogens is 240 g/mol. The summed E-state index contributed by atoms with van der Waals surface area (Å²) in [6.07, 6.45) is 3.02. The van der Waals surface area contributed by atoms with Crippen LogP contribution >= 0.6 is 0 Å². The molecule has 0 unspecified atom stereocenters. The molecule has 2 aromatic rings. The average molecular weight is 249 g/mol. The van der Waals surface area contributed by atoms with E-state index in [-0.39, 0.29) is 17.5 Å². The van der Waals surface area contributed by atoms with Gasteiger partial charge in [0.15, 0.2) is 11.6 Å². The molecule has 0 aliphatic carbocycles. The smallest absolute Gasteiger partial charge is 0.336 e. The van der Waals surface area contributed by atoms with E-state index in [0.29, 0.717) is 5.56 Å².